The van der Waals surface area contributed by atoms with E-state index in [1.54, 1.807) is 23.4 Å². The van der Waals surface area contributed by atoms with Crippen LogP contribution < -0.4 is 10.6 Å². The number of H-pyrrole nitrogens is 1. The van der Waals surface area contributed by atoms with Crippen LogP contribution in [-0.4, -0.2) is 56.8 Å². The molecule has 0 aliphatic carbocycles. The number of halogens is 2. The largest absolute Gasteiger partial charge is 0.444 e. The third-order valence-corrected chi connectivity index (χ3v) is 6.76. The SMILES string of the molecule is CC(C)(C)OC(=O)N1CCC(Nc2cnccc2C(=O)Nc2n[nH]c3ccc(Cc4cc(F)cc(F)c4)cc23)CC1. The lowest BCUT2D eigenvalue weighted by Crippen LogP contribution is -2.44. The zero-order valence-electron chi connectivity index (χ0n) is 23.1. The van der Waals surface area contributed by atoms with E-state index in [-0.39, 0.29) is 18.0 Å². The minimum absolute atomic E-state index is 0.0471. The van der Waals surface area contributed by atoms with Crippen molar-refractivity contribution in [2.24, 2.45) is 0 Å². The lowest BCUT2D eigenvalue weighted by atomic mass is 10.0. The highest BCUT2D eigenvalue weighted by atomic mass is 19.1. The Kier molecular flexibility index (Phi) is 7.87. The zero-order chi connectivity index (χ0) is 29.1. The molecule has 0 radical (unpaired) electrons. The summed E-state index contributed by atoms with van der Waals surface area (Å²) >= 11 is 0. The minimum atomic E-state index is -0.632. The maximum Gasteiger partial charge on any atom is 0.410 e. The van der Waals surface area contributed by atoms with Gasteiger partial charge in [-0.2, -0.15) is 5.10 Å². The van der Waals surface area contributed by atoms with Crippen LogP contribution in [0, 0.1) is 11.6 Å². The molecule has 1 aliphatic heterocycles. The minimum Gasteiger partial charge on any atom is -0.444 e. The zero-order valence-corrected chi connectivity index (χ0v) is 23.1. The van der Waals surface area contributed by atoms with Gasteiger partial charge in [0.2, 0.25) is 0 Å². The fourth-order valence-corrected chi connectivity index (χ4v) is 4.85. The number of benzene rings is 2. The molecule has 0 saturated carbocycles. The van der Waals surface area contributed by atoms with E-state index < -0.39 is 17.2 Å². The number of carbonyl (C=O) groups excluding carboxylic acids is 2. The summed E-state index contributed by atoms with van der Waals surface area (Å²) in [5, 5.41) is 14.1. The summed E-state index contributed by atoms with van der Waals surface area (Å²) in [6.07, 6.45) is 4.52. The molecule has 2 aromatic carbocycles. The summed E-state index contributed by atoms with van der Waals surface area (Å²) in [4.78, 5) is 31.6. The van der Waals surface area contributed by atoms with Gasteiger partial charge in [-0.05, 0) is 81.5 Å². The predicted octanol–water partition coefficient (Wildman–Crippen LogP) is 5.89. The second kappa shape index (κ2) is 11.5. The molecule has 0 bridgehead atoms. The normalized spacial score (nSPS) is 14.2. The summed E-state index contributed by atoms with van der Waals surface area (Å²) in [5.74, 6) is -1.29. The van der Waals surface area contributed by atoms with Gasteiger partial charge in [0.25, 0.3) is 5.91 Å². The van der Waals surface area contributed by atoms with Crippen LogP contribution in [0.25, 0.3) is 10.9 Å². The van der Waals surface area contributed by atoms with Crippen LogP contribution in [0.4, 0.5) is 25.1 Å². The Labute approximate surface area is 236 Å². The fraction of sp³-hybridized carbons (Fsp3) is 0.333. The van der Waals surface area contributed by atoms with Gasteiger partial charge in [0.05, 0.1) is 23.0 Å². The molecule has 9 nitrogen and oxygen atoms in total. The molecule has 0 spiro atoms. The lowest BCUT2D eigenvalue weighted by Gasteiger charge is -2.34. The monoisotopic (exact) mass is 562 g/mol. The highest BCUT2D eigenvalue weighted by Crippen LogP contribution is 2.26. The molecular weight excluding hydrogens is 530 g/mol. The van der Waals surface area contributed by atoms with Crippen molar-refractivity contribution in [2.75, 3.05) is 23.7 Å². The third kappa shape index (κ3) is 6.97. The van der Waals surface area contributed by atoms with Gasteiger partial charge in [-0.1, -0.05) is 6.07 Å². The molecule has 5 rings (SSSR count). The van der Waals surface area contributed by atoms with Gasteiger partial charge in [-0.25, -0.2) is 13.6 Å². The molecule has 1 saturated heterocycles. The number of aromatic amines is 1. The van der Waals surface area contributed by atoms with Crippen LogP contribution in [0.2, 0.25) is 0 Å². The van der Waals surface area contributed by atoms with Crippen LogP contribution in [0.3, 0.4) is 0 Å². The number of ether oxygens (including phenoxy) is 1. The number of aromatic nitrogens is 3. The summed E-state index contributed by atoms with van der Waals surface area (Å²) in [6.45, 7) is 6.60. The van der Waals surface area contributed by atoms with Crippen molar-refractivity contribution < 1.29 is 23.1 Å². The number of fused-ring (bicyclic) bond motifs is 1. The Morgan fingerprint density at radius 3 is 2.49 bits per heavy atom. The molecule has 2 aromatic heterocycles. The molecular formula is C30H32F2N6O3. The van der Waals surface area contributed by atoms with E-state index in [0.29, 0.717) is 65.9 Å². The van der Waals surface area contributed by atoms with Crippen LogP contribution in [0.15, 0.2) is 54.9 Å². The molecule has 3 heterocycles. The number of carbonyl (C=O) groups is 2. The van der Waals surface area contributed by atoms with Crippen LogP contribution in [0.5, 0.6) is 0 Å². The van der Waals surface area contributed by atoms with Crippen molar-refractivity contribution in [3.8, 4) is 0 Å². The summed E-state index contributed by atoms with van der Waals surface area (Å²) < 4.78 is 32.8. The number of amides is 2. The summed E-state index contributed by atoms with van der Waals surface area (Å²) in [7, 11) is 0. The molecule has 214 valence electrons. The van der Waals surface area contributed by atoms with Crippen LogP contribution in [0.1, 0.15) is 55.1 Å². The average Bonchev–Trinajstić information content (AvgIpc) is 3.29. The molecule has 3 N–H and O–H groups in total. The van der Waals surface area contributed by atoms with E-state index in [4.69, 9.17) is 4.74 Å². The van der Waals surface area contributed by atoms with E-state index in [1.165, 1.54) is 12.1 Å². The van der Waals surface area contributed by atoms with Crippen molar-refractivity contribution in [2.45, 2.75) is 51.7 Å². The molecule has 41 heavy (non-hydrogen) atoms. The maximum absolute atomic E-state index is 13.7. The number of hydrogen-bond donors (Lipinski definition) is 3. The van der Waals surface area contributed by atoms with E-state index >= 15 is 0 Å². The highest BCUT2D eigenvalue weighted by molar-refractivity contribution is 6.10. The summed E-state index contributed by atoms with van der Waals surface area (Å²) in [6, 6.07) is 10.6. The van der Waals surface area contributed by atoms with E-state index in [2.05, 4.69) is 25.8 Å². The molecule has 0 atom stereocenters. The predicted molar refractivity (Wildman–Crippen MR) is 152 cm³/mol. The molecule has 1 fully saturated rings. The van der Waals surface area contributed by atoms with Gasteiger partial charge < -0.3 is 20.3 Å². The first-order chi connectivity index (χ1) is 19.5. The smallest absolute Gasteiger partial charge is 0.410 e. The standard InChI is InChI=1S/C30H32F2N6O3/c1-30(2,3)41-29(40)38-10-7-22(8-11-38)34-26-17-33-9-6-23(26)28(39)35-27-24-15-18(4-5-25(24)36-37-27)12-19-13-20(31)16-21(32)14-19/h4-6,9,13-17,22,34H,7-8,10-12H2,1-3H3,(H2,35,36,37,39). The number of piperidine rings is 1. The van der Waals surface area contributed by atoms with E-state index in [9.17, 15) is 18.4 Å². The first-order valence-corrected chi connectivity index (χ1v) is 13.5. The Hall–Kier alpha value is -4.54. The van der Waals surface area contributed by atoms with Crippen molar-refractivity contribution in [3.05, 3.63) is 83.2 Å². The number of hydrogen-bond acceptors (Lipinski definition) is 6. The van der Waals surface area contributed by atoms with Gasteiger partial charge >= 0.3 is 6.09 Å². The van der Waals surface area contributed by atoms with E-state index in [0.717, 1.165) is 11.6 Å². The van der Waals surface area contributed by atoms with Gasteiger partial charge in [0, 0.05) is 36.8 Å². The summed E-state index contributed by atoms with van der Waals surface area (Å²) in [5.41, 5.74) is 2.45. The van der Waals surface area contributed by atoms with Gasteiger partial charge in [0.1, 0.15) is 17.2 Å². The molecule has 0 unspecified atom stereocenters. The van der Waals surface area contributed by atoms with Gasteiger partial charge in [0.15, 0.2) is 5.82 Å². The number of rotatable bonds is 6. The number of nitrogens with zero attached hydrogens (tertiary/aromatic N) is 3. The molecule has 4 aromatic rings. The highest BCUT2D eigenvalue weighted by Gasteiger charge is 2.27. The second-order valence-corrected chi connectivity index (χ2v) is 11.2. The molecule has 1 aliphatic rings. The van der Waals surface area contributed by atoms with Crippen molar-refractivity contribution in [1.82, 2.24) is 20.1 Å². The Bertz CT molecular complexity index is 1550. The van der Waals surface area contributed by atoms with Crippen molar-refractivity contribution in [1.29, 1.82) is 0 Å². The number of pyridine rings is 1. The first-order valence-electron chi connectivity index (χ1n) is 13.5. The lowest BCUT2D eigenvalue weighted by molar-refractivity contribution is 0.0210. The Balaban J connectivity index is 1.26. The number of nitrogens with one attached hydrogen (secondary N) is 3. The molecule has 11 heteroatoms. The van der Waals surface area contributed by atoms with Gasteiger partial charge in [-0.15, -0.1) is 0 Å². The fourth-order valence-electron chi connectivity index (χ4n) is 4.85. The average molecular weight is 563 g/mol. The number of anilines is 2. The second-order valence-electron chi connectivity index (χ2n) is 11.2. The van der Waals surface area contributed by atoms with Crippen LogP contribution in [-0.2, 0) is 11.2 Å². The van der Waals surface area contributed by atoms with Gasteiger partial charge in [-0.3, -0.25) is 14.9 Å². The number of likely N-dealkylation sites (tertiary alicyclic amines) is 1. The Morgan fingerprint density at radius 1 is 1.05 bits per heavy atom. The quantitative estimate of drug-likeness (QED) is 0.270. The molecule has 2 amide bonds. The maximum atomic E-state index is 13.7. The topological polar surface area (TPSA) is 112 Å². The van der Waals surface area contributed by atoms with Crippen LogP contribution >= 0.6 is 0 Å². The third-order valence-electron chi connectivity index (χ3n) is 6.76. The van der Waals surface area contributed by atoms with Crippen molar-refractivity contribution in [3.63, 3.8) is 0 Å². The Morgan fingerprint density at radius 2 is 1.78 bits per heavy atom. The van der Waals surface area contributed by atoms with Crippen molar-refractivity contribution >= 4 is 34.4 Å². The first kappa shape index (κ1) is 28.0. The van der Waals surface area contributed by atoms with E-state index in [1.807, 2.05) is 39.0 Å².